The van der Waals surface area contributed by atoms with Gasteiger partial charge >= 0.3 is 0 Å². The monoisotopic (exact) mass is 563 g/mol. The molecule has 0 unspecified atom stereocenters. The second-order valence-electron chi connectivity index (χ2n) is 7.50. The lowest BCUT2D eigenvalue weighted by Gasteiger charge is -2.10. The maximum atomic E-state index is 5.51. The van der Waals surface area contributed by atoms with Gasteiger partial charge in [0.05, 0.1) is 12.3 Å². The summed E-state index contributed by atoms with van der Waals surface area (Å²) in [5, 5.41) is 16.2. The number of ether oxygens (including phenoxy) is 1. The Kier molecular flexibility index (Phi) is 7.46. The number of thiazole rings is 1. The zero-order valence-electron chi connectivity index (χ0n) is 18.9. The molecule has 176 valence electrons. The molecule has 0 spiro atoms. The van der Waals surface area contributed by atoms with Crippen LogP contribution in [0.2, 0.25) is 0 Å². The van der Waals surface area contributed by atoms with Gasteiger partial charge in [0, 0.05) is 32.5 Å². The van der Waals surface area contributed by atoms with Crippen molar-refractivity contribution < 1.29 is 4.74 Å². The van der Waals surface area contributed by atoms with E-state index in [1.807, 2.05) is 67.6 Å². The molecule has 0 saturated carbocycles. The van der Waals surface area contributed by atoms with E-state index >= 15 is 0 Å². The number of rotatable bonds is 9. The Morgan fingerprint density at radius 1 is 1.00 bits per heavy atom. The summed E-state index contributed by atoms with van der Waals surface area (Å²) < 4.78 is 8.60. The van der Waals surface area contributed by atoms with Crippen LogP contribution in [-0.2, 0) is 5.75 Å². The van der Waals surface area contributed by atoms with Crippen LogP contribution in [0.4, 0.5) is 10.8 Å². The summed E-state index contributed by atoms with van der Waals surface area (Å²) in [6, 6.07) is 26.2. The highest BCUT2D eigenvalue weighted by molar-refractivity contribution is 9.10. The van der Waals surface area contributed by atoms with E-state index in [2.05, 4.69) is 59.6 Å². The Bertz CT molecular complexity index is 1400. The van der Waals surface area contributed by atoms with E-state index in [1.54, 1.807) is 23.1 Å². The second kappa shape index (κ2) is 11.1. The molecule has 9 heteroatoms. The van der Waals surface area contributed by atoms with Crippen molar-refractivity contribution in [3.8, 4) is 22.8 Å². The van der Waals surface area contributed by atoms with Crippen LogP contribution in [0.15, 0.2) is 93.9 Å². The lowest BCUT2D eigenvalue weighted by Crippen LogP contribution is -1.99. The predicted octanol–water partition coefficient (Wildman–Crippen LogP) is 7.59. The van der Waals surface area contributed by atoms with Crippen LogP contribution >= 0.6 is 39.0 Å². The molecule has 0 aliphatic heterocycles. The van der Waals surface area contributed by atoms with Crippen molar-refractivity contribution in [2.75, 3.05) is 11.9 Å². The van der Waals surface area contributed by atoms with Crippen LogP contribution in [-0.4, -0.2) is 26.4 Å². The zero-order valence-corrected chi connectivity index (χ0v) is 22.1. The highest BCUT2D eigenvalue weighted by Gasteiger charge is 2.17. The third kappa shape index (κ3) is 5.75. The Morgan fingerprint density at radius 2 is 1.83 bits per heavy atom. The molecule has 1 N–H and O–H groups in total. The molecule has 2 aromatic heterocycles. The number of anilines is 2. The first-order valence-corrected chi connectivity index (χ1v) is 13.7. The quantitative estimate of drug-likeness (QED) is 0.186. The van der Waals surface area contributed by atoms with Gasteiger partial charge in [0.2, 0.25) is 0 Å². The molecule has 0 saturated heterocycles. The van der Waals surface area contributed by atoms with Crippen molar-refractivity contribution in [3.05, 3.63) is 94.4 Å². The molecular formula is C26H22BrN5OS2. The molecule has 5 rings (SSSR count). The number of aromatic nitrogens is 4. The van der Waals surface area contributed by atoms with Gasteiger partial charge in [-0.1, -0.05) is 58.0 Å². The molecule has 6 nitrogen and oxygen atoms in total. The molecule has 2 heterocycles. The minimum Gasteiger partial charge on any atom is -0.494 e. The summed E-state index contributed by atoms with van der Waals surface area (Å²) in [6.45, 7) is 2.63. The standard InChI is InChI=1S/C26H22BrN5OS2/c1-2-33-23-13-11-20(12-14-23)28-25-29-21(16-34-25)17-35-26-31-30-24(18-7-6-8-19(27)15-18)32(26)22-9-4-3-5-10-22/h3-16H,2,17H2,1H3,(H,28,29). The van der Waals surface area contributed by atoms with E-state index < -0.39 is 0 Å². The van der Waals surface area contributed by atoms with Crippen molar-refractivity contribution in [1.82, 2.24) is 19.7 Å². The number of hydrogen-bond donors (Lipinski definition) is 1. The molecule has 3 aromatic carbocycles. The van der Waals surface area contributed by atoms with E-state index in [0.29, 0.717) is 12.4 Å². The lowest BCUT2D eigenvalue weighted by molar-refractivity contribution is 0.340. The van der Waals surface area contributed by atoms with Gasteiger partial charge in [-0.15, -0.1) is 21.5 Å². The largest absolute Gasteiger partial charge is 0.494 e. The summed E-state index contributed by atoms with van der Waals surface area (Å²) in [6.07, 6.45) is 0. The average molecular weight is 565 g/mol. The fraction of sp³-hybridized carbons (Fsp3) is 0.115. The molecule has 0 atom stereocenters. The van der Waals surface area contributed by atoms with Crippen LogP contribution in [0, 0.1) is 0 Å². The van der Waals surface area contributed by atoms with E-state index in [4.69, 9.17) is 9.72 Å². The first kappa shape index (κ1) is 23.6. The van der Waals surface area contributed by atoms with Gasteiger partial charge in [-0.3, -0.25) is 4.57 Å². The Hall–Kier alpha value is -3.14. The highest BCUT2D eigenvalue weighted by Crippen LogP contribution is 2.32. The van der Waals surface area contributed by atoms with Gasteiger partial charge in [0.15, 0.2) is 16.1 Å². The predicted molar refractivity (Wildman–Crippen MR) is 147 cm³/mol. The van der Waals surface area contributed by atoms with E-state index in [-0.39, 0.29) is 0 Å². The Labute approximate surface area is 220 Å². The van der Waals surface area contributed by atoms with Crippen LogP contribution in [0.3, 0.4) is 0 Å². The van der Waals surface area contributed by atoms with Gasteiger partial charge in [-0.05, 0) is 55.5 Å². The van der Waals surface area contributed by atoms with Crippen LogP contribution in [0.5, 0.6) is 5.75 Å². The molecule has 35 heavy (non-hydrogen) atoms. The maximum Gasteiger partial charge on any atom is 0.196 e. The van der Waals surface area contributed by atoms with Crippen molar-refractivity contribution >= 4 is 49.8 Å². The van der Waals surface area contributed by atoms with Gasteiger partial charge in [0.1, 0.15) is 5.75 Å². The molecule has 0 bridgehead atoms. The summed E-state index contributed by atoms with van der Waals surface area (Å²) in [4.78, 5) is 4.75. The lowest BCUT2D eigenvalue weighted by atomic mass is 10.2. The number of halogens is 1. The third-order valence-electron chi connectivity index (χ3n) is 5.05. The Morgan fingerprint density at radius 3 is 2.60 bits per heavy atom. The smallest absolute Gasteiger partial charge is 0.196 e. The maximum absolute atomic E-state index is 5.51. The third-order valence-corrected chi connectivity index (χ3v) is 7.31. The summed E-state index contributed by atoms with van der Waals surface area (Å²) in [7, 11) is 0. The first-order chi connectivity index (χ1) is 17.2. The van der Waals surface area contributed by atoms with E-state index in [9.17, 15) is 0 Å². The minimum absolute atomic E-state index is 0.655. The van der Waals surface area contributed by atoms with Crippen LogP contribution in [0.1, 0.15) is 12.6 Å². The highest BCUT2D eigenvalue weighted by atomic mass is 79.9. The molecule has 0 fully saturated rings. The molecule has 0 aliphatic carbocycles. The Balaban J connectivity index is 1.33. The molecule has 0 aliphatic rings. The topological polar surface area (TPSA) is 64.9 Å². The molecule has 0 radical (unpaired) electrons. The van der Waals surface area contributed by atoms with Crippen molar-refractivity contribution in [1.29, 1.82) is 0 Å². The van der Waals surface area contributed by atoms with Gasteiger partial charge in [-0.2, -0.15) is 0 Å². The first-order valence-electron chi connectivity index (χ1n) is 11.0. The minimum atomic E-state index is 0.655. The molecule has 0 amide bonds. The molecular weight excluding hydrogens is 542 g/mol. The SMILES string of the molecule is CCOc1ccc(Nc2nc(CSc3nnc(-c4cccc(Br)c4)n3-c3ccccc3)cs2)cc1. The van der Waals surface area contributed by atoms with Crippen molar-refractivity contribution in [2.45, 2.75) is 17.8 Å². The summed E-state index contributed by atoms with van der Waals surface area (Å²) >= 11 is 6.77. The van der Waals surface area contributed by atoms with E-state index in [1.165, 1.54) is 0 Å². The number of benzene rings is 3. The van der Waals surface area contributed by atoms with Gasteiger partial charge in [-0.25, -0.2) is 4.98 Å². The van der Waals surface area contributed by atoms with E-state index in [0.717, 1.165) is 49.0 Å². The fourth-order valence-corrected chi connectivity index (χ4v) is 5.56. The summed E-state index contributed by atoms with van der Waals surface area (Å²) in [5.74, 6) is 2.35. The van der Waals surface area contributed by atoms with Gasteiger partial charge in [0.25, 0.3) is 0 Å². The number of thioether (sulfide) groups is 1. The number of para-hydroxylation sites is 1. The average Bonchev–Trinajstić information content (AvgIpc) is 3.51. The van der Waals surface area contributed by atoms with Crippen LogP contribution in [0.25, 0.3) is 17.1 Å². The molecule has 5 aromatic rings. The van der Waals surface area contributed by atoms with Gasteiger partial charge < -0.3 is 10.1 Å². The van der Waals surface area contributed by atoms with Crippen molar-refractivity contribution in [2.24, 2.45) is 0 Å². The number of nitrogens with one attached hydrogen (secondary N) is 1. The van der Waals surface area contributed by atoms with Crippen molar-refractivity contribution in [3.63, 3.8) is 0 Å². The number of hydrogen-bond acceptors (Lipinski definition) is 7. The number of nitrogens with zero attached hydrogens (tertiary/aromatic N) is 4. The summed E-state index contributed by atoms with van der Waals surface area (Å²) in [5.41, 5.74) is 3.98. The normalized spacial score (nSPS) is 10.9. The van der Waals surface area contributed by atoms with Crippen LogP contribution < -0.4 is 10.1 Å². The fourth-order valence-electron chi connectivity index (χ4n) is 3.48. The second-order valence-corrected chi connectivity index (χ2v) is 10.2. The zero-order chi connectivity index (χ0) is 24.0.